The monoisotopic (exact) mass is 456 g/mol. The van der Waals surface area contributed by atoms with Crippen molar-refractivity contribution in [3.05, 3.63) is 78.4 Å². The number of hydrogen-bond donors (Lipinski definition) is 1. The molecule has 174 valence electrons. The van der Waals surface area contributed by atoms with Crippen molar-refractivity contribution >= 4 is 34.2 Å². The lowest BCUT2D eigenvalue weighted by Gasteiger charge is -2.39. The zero-order valence-electron chi connectivity index (χ0n) is 19.0. The highest BCUT2D eigenvalue weighted by Crippen LogP contribution is 2.23. The number of fused-ring (bicyclic) bond motifs is 1. The summed E-state index contributed by atoms with van der Waals surface area (Å²) >= 11 is 0. The lowest BCUT2D eigenvalue weighted by Crippen LogP contribution is -2.59. The molecule has 2 fully saturated rings. The fourth-order valence-corrected chi connectivity index (χ4v) is 4.87. The van der Waals surface area contributed by atoms with Crippen molar-refractivity contribution in [1.82, 2.24) is 15.1 Å². The van der Waals surface area contributed by atoms with Crippen molar-refractivity contribution in [2.24, 2.45) is 0 Å². The second-order valence-electron chi connectivity index (χ2n) is 8.74. The molecule has 3 amide bonds. The Balaban J connectivity index is 1.29. The van der Waals surface area contributed by atoms with Crippen LogP contribution in [0.5, 0.6) is 0 Å². The first kappa shape index (κ1) is 21.9. The number of piperazine rings is 2. The third-order valence-electron chi connectivity index (χ3n) is 6.73. The minimum atomic E-state index is -0.806. The molecule has 0 aromatic heterocycles. The summed E-state index contributed by atoms with van der Waals surface area (Å²) in [6, 6.07) is 22.7. The third kappa shape index (κ3) is 4.33. The molecular formula is C27H28N4O3. The van der Waals surface area contributed by atoms with Gasteiger partial charge in [0.1, 0.15) is 6.04 Å². The van der Waals surface area contributed by atoms with Crippen LogP contribution in [0.4, 0.5) is 5.69 Å². The largest absolute Gasteiger partial charge is 0.368 e. The first-order chi connectivity index (χ1) is 16.6. The third-order valence-corrected chi connectivity index (χ3v) is 6.73. The van der Waals surface area contributed by atoms with E-state index in [1.54, 1.807) is 11.0 Å². The van der Waals surface area contributed by atoms with E-state index in [2.05, 4.69) is 22.3 Å². The van der Waals surface area contributed by atoms with Gasteiger partial charge in [-0.2, -0.15) is 0 Å². The summed E-state index contributed by atoms with van der Waals surface area (Å²) in [5.74, 6) is -0.570. The molecule has 34 heavy (non-hydrogen) atoms. The van der Waals surface area contributed by atoms with Gasteiger partial charge in [-0.1, -0.05) is 54.6 Å². The van der Waals surface area contributed by atoms with Crippen molar-refractivity contribution < 1.29 is 14.4 Å². The van der Waals surface area contributed by atoms with Gasteiger partial charge in [-0.15, -0.1) is 0 Å². The van der Waals surface area contributed by atoms with Crippen LogP contribution in [-0.4, -0.2) is 72.8 Å². The van der Waals surface area contributed by atoms with Gasteiger partial charge < -0.3 is 20.0 Å². The first-order valence-electron chi connectivity index (χ1n) is 11.8. The molecule has 0 radical (unpaired) electrons. The summed E-state index contributed by atoms with van der Waals surface area (Å²) in [5, 5.41) is 4.65. The van der Waals surface area contributed by atoms with Crippen molar-refractivity contribution in [3.8, 4) is 0 Å². The molecule has 3 aromatic rings. The molecule has 1 unspecified atom stereocenters. The van der Waals surface area contributed by atoms with Crippen LogP contribution in [0.3, 0.4) is 0 Å². The topological polar surface area (TPSA) is 73.0 Å². The molecule has 2 heterocycles. The zero-order valence-corrected chi connectivity index (χ0v) is 19.0. The summed E-state index contributed by atoms with van der Waals surface area (Å²) in [6.07, 6.45) is -0.00627. The number of benzene rings is 3. The van der Waals surface area contributed by atoms with Gasteiger partial charge in [-0.3, -0.25) is 14.4 Å². The molecule has 3 aromatic carbocycles. The van der Waals surface area contributed by atoms with E-state index in [0.29, 0.717) is 31.7 Å². The van der Waals surface area contributed by atoms with Gasteiger partial charge in [0.25, 0.3) is 5.91 Å². The Morgan fingerprint density at radius 3 is 2.32 bits per heavy atom. The van der Waals surface area contributed by atoms with Crippen LogP contribution in [0.15, 0.2) is 72.8 Å². The summed E-state index contributed by atoms with van der Waals surface area (Å²) in [6.45, 7) is 3.44. The number of carbonyl (C=O) groups is 3. The number of hydrogen-bond acceptors (Lipinski definition) is 4. The Morgan fingerprint density at radius 2 is 1.53 bits per heavy atom. The molecule has 0 saturated carbocycles. The molecule has 7 heteroatoms. The highest BCUT2D eigenvalue weighted by Gasteiger charge is 2.37. The van der Waals surface area contributed by atoms with Crippen molar-refractivity contribution in [1.29, 1.82) is 0 Å². The van der Waals surface area contributed by atoms with E-state index in [-0.39, 0.29) is 24.1 Å². The molecular weight excluding hydrogens is 428 g/mol. The number of nitrogens with one attached hydrogen (secondary N) is 1. The Bertz CT molecular complexity index is 1200. The van der Waals surface area contributed by atoms with Gasteiger partial charge in [0.05, 0.1) is 6.42 Å². The molecule has 2 aliphatic heterocycles. The van der Waals surface area contributed by atoms with Crippen molar-refractivity contribution in [2.45, 2.75) is 12.5 Å². The van der Waals surface area contributed by atoms with Crippen LogP contribution in [0.2, 0.25) is 0 Å². The van der Waals surface area contributed by atoms with E-state index in [9.17, 15) is 14.4 Å². The molecule has 0 spiro atoms. The fraction of sp³-hybridized carbons (Fsp3) is 0.296. The van der Waals surface area contributed by atoms with Crippen molar-refractivity contribution in [2.75, 3.05) is 44.2 Å². The average Bonchev–Trinajstić information content (AvgIpc) is 2.89. The van der Waals surface area contributed by atoms with E-state index >= 15 is 0 Å². The van der Waals surface area contributed by atoms with Gasteiger partial charge >= 0.3 is 0 Å². The lowest BCUT2D eigenvalue weighted by atomic mass is 10.0. The Hall–Kier alpha value is -3.87. The second-order valence-corrected chi connectivity index (χ2v) is 8.74. The SMILES string of the molecule is O=C1NCCN(C(=O)c2cccc3ccccc23)C1CC(=O)N1CCN(c2ccccc2)CC1. The summed E-state index contributed by atoms with van der Waals surface area (Å²) in [5.41, 5.74) is 1.70. The summed E-state index contributed by atoms with van der Waals surface area (Å²) < 4.78 is 0. The van der Waals surface area contributed by atoms with Crippen LogP contribution in [0.1, 0.15) is 16.8 Å². The van der Waals surface area contributed by atoms with Crippen molar-refractivity contribution in [3.63, 3.8) is 0 Å². The molecule has 0 bridgehead atoms. The van der Waals surface area contributed by atoms with Crippen LogP contribution in [0.25, 0.3) is 10.8 Å². The molecule has 2 saturated heterocycles. The van der Waals surface area contributed by atoms with Gasteiger partial charge in [0.2, 0.25) is 11.8 Å². The smallest absolute Gasteiger partial charge is 0.255 e. The standard InChI is InChI=1S/C27H28N4O3/c32-25(30-17-15-29(16-18-30)21-9-2-1-3-10-21)19-24-26(33)28-13-14-31(24)27(34)23-12-6-8-20-7-4-5-11-22(20)23/h1-12,24H,13-19H2,(H,28,33). The van der Waals surface area contributed by atoms with Crippen LogP contribution in [0, 0.1) is 0 Å². The highest BCUT2D eigenvalue weighted by atomic mass is 16.2. The summed E-state index contributed by atoms with van der Waals surface area (Å²) in [4.78, 5) is 45.1. The predicted molar refractivity (Wildman–Crippen MR) is 132 cm³/mol. The second kappa shape index (κ2) is 9.55. The van der Waals surface area contributed by atoms with E-state index in [0.717, 1.165) is 29.5 Å². The molecule has 1 atom stereocenters. The van der Waals surface area contributed by atoms with Gasteiger partial charge in [0, 0.05) is 50.5 Å². The zero-order chi connectivity index (χ0) is 23.5. The fourth-order valence-electron chi connectivity index (χ4n) is 4.87. The van der Waals surface area contributed by atoms with Crippen LogP contribution in [-0.2, 0) is 9.59 Å². The molecule has 1 N–H and O–H groups in total. The first-order valence-corrected chi connectivity index (χ1v) is 11.8. The molecule has 5 rings (SSSR count). The molecule has 2 aliphatic rings. The quantitative estimate of drug-likeness (QED) is 0.655. The molecule has 0 aliphatic carbocycles. The number of nitrogens with zero attached hydrogens (tertiary/aromatic N) is 3. The van der Waals surface area contributed by atoms with E-state index in [4.69, 9.17) is 0 Å². The number of carbonyl (C=O) groups excluding carboxylic acids is 3. The van der Waals surface area contributed by atoms with Crippen LogP contribution < -0.4 is 10.2 Å². The number of rotatable bonds is 4. The van der Waals surface area contributed by atoms with Gasteiger partial charge in [0.15, 0.2) is 0 Å². The highest BCUT2D eigenvalue weighted by molar-refractivity contribution is 6.08. The minimum Gasteiger partial charge on any atom is -0.368 e. The van der Waals surface area contributed by atoms with E-state index < -0.39 is 6.04 Å². The van der Waals surface area contributed by atoms with E-state index in [1.165, 1.54) is 0 Å². The maximum Gasteiger partial charge on any atom is 0.255 e. The maximum absolute atomic E-state index is 13.5. The van der Waals surface area contributed by atoms with Gasteiger partial charge in [-0.05, 0) is 29.0 Å². The summed E-state index contributed by atoms with van der Waals surface area (Å²) in [7, 11) is 0. The van der Waals surface area contributed by atoms with E-state index in [1.807, 2.05) is 59.5 Å². The lowest BCUT2D eigenvalue weighted by molar-refractivity contribution is -0.138. The Kier molecular flexibility index (Phi) is 6.16. The Morgan fingerprint density at radius 1 is 0.824 bits per heavy atom. The number of para-hydroxylation sites is 1. The predicted octanol–water partition coefficient (Wildman–Crippen LogP) is 2.52. The molecule has 7 nitrogen and oxygen atoms in total. The Labute approximate surface area is 198 Å². The number of amides is 3. The maximum atomic E-state index is 13.5. The van der Waals surface area contributed by atoms with Crippen LogP contribution >= 0.6 is 0 Å². The number of anilines is 1. The average molecular weight is 457 g/mol. The minimum absolute atomic E-state index is 0.00627. The van der Waals surface area contributed by atoms with Gasteiger partial charge in [-0.25, -0.2) is 0 Å². The normalized spacial score (nSPS) is 18.6.